The van der Waals surface area contributed by atoms with Gasteiger partial charge in [0.15, 0.2) is 5.82 Å². The van der Waals surface area contributed by atoms with E-state index in [1.165, 1.54) is 0 Å². The molecule has 18 heavy (non-hydrogen) atoms. The Bertz CT molecular complexity index is 595. The summed E-state index contributed by atoms with van der Waals surface area (Å²) in [7, 11) is 0. The van der Waals surface area contributed by atoms with Gasteiger partial charge < -0.3 is 4.57 Å². The first-order valence-corrected chi connectivity index (χ1v) is 6.21. The van der Waals surface area contributed by atoms with Crippen LogP contribution < -0.4 is 0 Å². The number of alkyl halides is 1. The topological polar surface area (TPSA) is 54.5 Å². The molecule has 0 radical (unpaired) electrons. The Kier molecular flexibility index (Phi) is 3.63. The maximum absolute atomic E-state index is 8.92. The van der Waals surface area contributed by atoms with Crippen molar-refractivity contribution in [3.8, 4) is 17.5 Å². The van der Waals surface area contributed by atoms with Crippen LogP contribution in [0.15, 0.2) is 24.3 Å². The second-order valence-electron chi connectivity index (χ2n) is 4.23. The molecule has 0 N–H and O–H groups in total. The van der Waals surface area contributed by atoms with Crippen molar-refractivity contribution in [1.29, 1.82) is 5.26 Å². The molecule has 0 spiro atoms. The lowest BCUT2D eigenvalue weighted by Gasteiger charge is -2.13. The van der Waals surface area contributed by atoms with Crippen molar-refractivity contribution in [2.45, 2.75) is 25.8 Å². The van der Waals surface area contributed by atoms with Gasteiger partial charge in [0.1, 0.15) is 5.82 Å². The van der Waals surface area contributed by atoms with Gasteiger partial charge in [-0.15, -0.1) is 21.8 Å². The lowest BCUT2D eigenvalue weighted by Crippen LogP contribution is -2.07. The molecule has 0 unspecified atom stereocenters. The largest absolute Gasteiger partial charge is 0.307 e. The van der Waals surface area contributed by atoms with E-state index in [9.17, 15) is 0 Å². The van der Waals surface area contributed by atoms with Crippen LogP contribution in [0.4, 0.5) is 0 Å². The third-order valence-electron chi connectivity index (χ3n) is 2.65. The van der Waals surface area contributed by atoms with E-state index in [0.717, 1.165) is 17.2 Å². The maximum Gasteiger partial charge on any atom is 0.164 e. The highest BCUT2D eigenvalue weighted by Gasteiger charge is 2.15. The summed E-state index contributed by atoms with van der Waals surface area (Å²) in [6, 6.07) is 9.67. The van der Waals surface area contributed by atoms with Crippen molar-refractivity contribution in [2.75, 3.05) is 0 Å². The molecule has 0 bridgehead atoms. The Balaban J connectivity index is 2.57. The molecule has 1 aromatic heterocycles. The summed E-state index contributed by atoms with van der Waals surface area (Å²) in [5.74, 6) is 1.81. The summed E-state index contributed by atoms with van der Waals surface area (Å²) in [5, 5.41) is 17.2. The zero-order valence-electron chi connectivity index (χ0n) is 10.3. The number of rotatable bonds is 3. The van der Waals surface area contributed by atoms with Crippen LogP contribution in [-0.2, 0) is 5.88 Å². The second kappa shape index (κ2) is 5.19. The first kappa shape index (κ1) is 12.6. The standard InChI is InChI=1S/C13H13ClN4/c1-9(2)18-12(7-14)16-17-13(18)11-5-3-4-10(6-11)8-15/h3-6,9H,7H2,1-2H3. The molecule has 0 atom stereocenters. The number of hydrogen-bond donors (Lipinski definition) is 0. The second-order valence-corrected chi connectivity index (χ2v) is 4.50. The van der Waals surface area contributed by atoms with Gasteiger partial charge >= 0.3 is 0 Å². The van der Waals surface area contributed by atoms with E-state index in [-0.39, 0.29) is 6.04 Å². The first-order valence-electron chi connectivity index (χ1n) is 5.67. The van der Waals surface area contributed by atoms with Crippen LogP contribution in [0.5, 0.6) is 0 Å². The molecule has 0 aliphatic heterocycles. The van der Waals surface area contributed by atoms with E-state index in [4.69, 9.17) is 16.9 Å². The van der Waals surface area contributed by atoms with Gasteiger partial charge in [0.2, 0.25) is 0 Å². The Labute approximate surface area is 111 Å². The SMILES string of the molecule is CC(C)n1c(CCl)nnc1-c1cccc(C#N)c1. The normalized spacial score (nSPS) is 10.6. The van der Waals surface area contributed by atoms with Crippen LogP contribution >= 0.6 is 11.6 Å². The van der Waals surface area contributed by atoms with Gasteiger partial charge in [0.05, 0.1) is 17.5 Å². The van der Waals surface area contributed by atoms with Crippen LogP contribution in [0, 0.1) is 11.3 Å². The highest BCUT2D eigenvalue weighted by Crippen LogP contribution is 2.23. The summed E-state index contributed by atoms with van der Waals surface area (Å²) < 4.78 is 1.99. The molecule has 0 aliphatic carbocycles. The minimum atomic E-state index is 0.217. The van der Waals surface area contributed by atoms with Crippen molar-refractivity contribution < 1.29 is 0 Å². The van der Waals surface area contributed by atoms with E-state index in [1.807, 2.05) is 16.7 Å². The zero-order chi connectivity index (χ0) is 13.1. The van der Waals surface area contributed by atoms with Gasteiger partial charge in [-0.2, -0.15) is 5.26 Å². The molecule has 0 aliphatic rings. The molecule has 92 valence electrons. The number of benzene rings is 1. The highest BCUT2D eigenvalue weighted by atomic mass is 35.5. The van der Waals surface area contributed by atoms with Crippen LogP contribution in [-0.4, -0.2) is 14.8 Å². The van der Waals surface area contributed by atoms with Gasteiger partial charge in [0, 0.05) is 11.6 Å². The fraction of sp³-hybridized carbons (Fsp3) is 0.308. The molecular formula is C13H13ClN4. The summed E-state index contributed by atoms with van der Waals surface area (Å²) in [6.45, 7) is 4.11. The molecule has 0 saturated heterocycles. The van der Waals surface area contributed by atoms with Crippen molar-refractivity contribution >= 4 is 11.6 Å². The Hall–Kier alpha value is -1.86. The van der Waals surface area contributed by atoms with Gasteiger partial charge in [0.25, 0.3) is 0 Å². The predicted molar refractivity (Wildman–Crippen MR) is 70.1 cm³/mol. The molecular weight excluding hydrogens is 248 g/mol. The van der Waals surface area contributed by atoms with Crippen LogP contribution in [0.3, 0.4) is 0 Å². The number of nitrogens with zero attached hydrogens (tertiary/aromatic N) is 4. The zero-order valence-corrected chi connectivity index (χ0v) is 11.0. The number of halogens is 1. The molecule has 2 aromatic rings. The Morgan fingerprint density at radius 3 is 2.78 bits per heavy atom. The van der Waals surface area contributed by atoms with Crippen molar-refractivity contribution in [3.63, 3.8) is 0 Å². The summed E-state index contributed by atoms with van der Waals surface area (Å²) in [6.07, 6.45) is 0. The number of hydrogen-bond acceptors (Lipinski definition) is 3. The fourth-order valence-electron chi connectivity index (χ4n) is 1.88. The average Bonchev–Trinajstić information content (AvgIpc) is 2.82. The molecule has 4 nitrogen and oxygen atoms in total. The Morgan fingerprint density at radius 2 is 2.17 bits per heavy atom. The maximum atomic E-state index is 8.92. The van der Waals surface area contributed by atoms with Crippen LogP contribution in [0.25, 0.3) is 11.4 Å². The predicted octanol–water partition coefficient (Wildman–Crippen LogP) is 3.14. The number of aromatic nitrogens is 3. The molecule has 0 fully saturated rings. The van der Waals surface area contributed by atoms with Crippen molar-refractivity contribution in [3.05, 3.63) is 35.7 Å². The van der Waals surface area contributed by atoms with E-state index < -0.39 is 0 Å². The summed E-state index contributed by atoms with van der Waals surface area (Å²) in [4.78, 5) is 0. The third-order valence-corrected chi connectivity index (χ3v) is 2.89. The van der Waals surface area contributed by atoms with Crippen molar-refractivity contribution in [1.82, 2.24) is 14.8 Å². The average molecular weight is 261 g/mol. The summed E-state index contributed by atoms with van der Waals surface area (Å²) >= 11 is 5.86. The minimum absolute atomic E-state index is 0.217. The first-order chi connectivity index (χ1) is 8.67. The summed E-state index contributed by atoms with van der Waals surface area (Å²) in [5.41, 5.74) is 1.49. The molecule has 2 rings (SSSR count). The van der Waals surface area contributed by atoms with E-state index >= 15 is 0 Å². The molecule has 1 aromatic carbocycles. The third kappa shape index (κ3) is 2.22. The monoisotopic (exact) mass is 260 g/mol. The lowest BCUT2D eigenvalue weighted by atomic mass is 10.1. The van der Waals surface area contributed by atoms with Crippen molar-refractivity contribution in [2.24, 2.45) is 0 Å². The molecule has 1 heterocycles. The van der Waals surface area contributed by atoms with E-state index in [1.54, 1.807) is 12.1 Å². The molecule has 0 amide bonds. The van der Waals surface area contributed by atoms with E-state index in [2.05, 4.69) is 30.1 Å². The quantitative estimate of drug-likeness (QED) is 0.797. The van der Waals surface area contributed by atoms with Gasteiger partial charge in [-0.25, -0.2) is 0 Å². The van der Waals surface area contributed by atoms with Gasteiger partial charge in [-0.05, 0) is 26.0 Å². The molecule has 5 heteroatoms. The molecule has 0 saturated carbocycles. The van der Waals surface area contributed by atoms with Gasteiger partial charge in [-0.3, -0.25) is 0 Å². The fourth-order valence-corrected chi connectivity index (χ4v) is 2.06. The van der Waals surface area contributed by atoms with Gasteiger partial charge in [-0.1, -0.05) is 12.1 Å². The van der Waals surface area contributed by atoms with Crippen LogP contribution in [0.1, 0.15) is 31.3 Å². The number of nitriles is 1. The lowest BCUT2D eigenvalue weighted by molar-refractivity contribution is 0.585. The highest BCUT2D eigenvalue weighted by molar-refractivity contribution is 6.16. The Morgan fingerprint density at radius 1 is 1.39 bits per heavy atom. The smallest absolute Gasteiger partial charge is 0.164 e. The van der Waals surface area contributed by atoms with E-state index in [0.29, 0.717) is 11.4 Å². The van der Waals surface area contributed by atoms with Crippen LogP contribution in [0.2, 0.25) is 0 Å². The minimum Gasteiger partial charge on any atom is -0.307 e.